The Morgan fingerprint density at radius 3 is 1.13 bits per heavy atom. The predicted molar refractivity (Wildman–Crippen MR) is 224 cm³/mol. The second kappa shape index (κ2) is 31.0. The molecule has 0 atom stereocenters. The molecule has 2 rings (SSSR count). The lowest BCUT2D eigenvalue weighted by atomic mass is 9.86. The quantitative estimate of drug-likeness (QED) is 0.0687. The Balaban J connectivity index is 1.76. The Hall–Kier alpha value is -2.36. The van der Waals surface area contributed by atoms with E-state index in [4.69, 9.17) is 0 Å². The highest BCUT2D eigenvalue weighted by Gasteiger charge is 2.22. The molecule has 2 aromatic carbocycles. The van der Waals surface area contributed by atoms with E-state index < -0.39 is 11.9 Å². The maximum absolute atomic E-state index is 12.8. The largest absolute Gasteiger partial charge is 0.478 e. The molecule has 0 amide bonds. The molecular formula is C48H80O4. The van der Waals surface area contributed by atoms with Gasteiger partial charge in [-0.1, -0.05) is 225 Å². The van der Waals surface area contributed by atoms with E-state index in [0.717, 1.165) is 48.6 Å². The van der Waals surface area contributed by atoms with Crippen molar-refractivity contribution < 1.29 is 19.8 Å². The minimum Gasteiger partial charge on any atom is -0.478 e. The zero-order chi connectivity index (χ0) is 37.5. The van der Waals surface area contributed by atoms with Gasteiger partial charge in [-0.15, -0.1) is 0 Å². The Bertz CT molecular complexity index is 1200. The second-order valence-electron chi connectivity index (χ2n) is 16.0. The molecule has 0 saturated heterocycles. The fraction of sp³-hybridized carbons (Fsp3) is 0.750. The van der Waals surface area contributed by atoms with E-state index in [1.807, 2.05) is 6.07 Å². The Morgan fingerprint density at radius 1 is 0.442 bits per heavy atom. The molecule has 0 aliphatic heterocycles. The van der Waals surface area contributed by atoms with Crippen LogP contribution in [0.25, 0.3) is 10.8 Å². The second-order valence-corrected chi connectivity index (χ2v) is 16.0. The summed E-state index contributed by atoms with van der Waals surface area (Å²) in [5.41, 5.74) is 2.30. The molecule has 0 unspecified atom stereocenters. The highest BCUT2D eigenvalue weighted by molar-refractivity contribution is 6.13. The summed E-state index contributed by atoms with van der Waals surface area (Å²) in [6.45, 7) is 4.56. The van der Waals surface area contributed by atoms with Crippen LogP contribution in [0.2, 0.25) is 0 Å². The first-order valence-electron chi connectivity index (χ1n) is 22.5. The van der Waals surface area contributed by atoms with Gasteiger partial charge in [0.2, 0.25) is 0 Å². The highest BCUT2D eigenvalue weighted by Crippen LogP contribution is 2.32. The SMILES string of the molecule is CCCCCCCCCCCCCCCCCCc1cc2cccc(C(=O)O)c2c(C(=O)O)c1CCCCCCCCCCCCCCCCCC. The molecule has 0 bridgehead atoms. The Morgan fingerprint density at radius 2 is 0.788 bits per heavy atom. The van der Waals surface area contributed by atoms with Crippen LogP contribution < -0.4 is 0 Å². The molecule has 4 heteroatoms. The van der Waals surface area contributed by atoms with E-state index in [1.54, 1.807) is 12.1 Å². The molecule has 0 heterocycles. The van der Waals surface area contributed by atoms with Gasteiger partial charge in [-0.3, -0.25) is 0 Å². The van der Waals surface area contributed by atoms with Gasteiger partial charge in [0.15, 0.2) is 0 Å². The molecule has 0 aliphatic carbocycles. The van der Waals surface area contributed by atoms with Gasteiger partial charge in [-0.05, 0) is 48.3 Å². The van der Waals surface area contributed by atoms with Crippen LogP contribution in [0.3, 0.4) is 0 Å². The van der Waals surface area contributed by atoms with Crippen molar-refractivity contribution >= 4 is 22.7 Å². The van der Waals surface area contributed by atoms with Crippen LogP contribution in [0.5, 0.6) is 0 Å². The van der Waals surface area contributed by atoms with Crippen LogP contribution in [0.15, 0.2) is 24.3 Å². The zero-order valence-corrected chi connectivity index (χ0v) is 34.1. The third-order valence-electron chi connectivity index (χ3n) is 11.4. The Labute approximate surface area is 320 Å². The number of aromatic carboxylic acids is 2. The molecule has 0 aliphatic rings. The van der Waals surface area contributed by atoms with E-state index in [2.05, 4.69) is 19.9 Å². The van der Waals surface area contributed by atoms with Gasteiger partial charge in [0.1, 0.15) is 0 Å². The fourth-order valence-corrected chi connectivity index (χ4v) is 8.19. The van der Waals surface area contributed by atoms with Gasteiger partial charge in [-0.2, -0.15) is 0 Å². The lowest BCUT2D eigenvalue weighted by Crippen LogP contribution is -2.11. The van der Waals surface area contributed by atoms with Crippen molar-refractivity contribution in [1.29, 1.82) is 0 Å². The summed E-state index contributed by atoms with van der Waals surface area (Å²) in [5, 5.41) is 21.5. The number of hydrogen-bond acceptors (Lipinski definition) is 2. The molecule has 0 aromatic heterocycles. The summed E-state index contributed by atoms with van der Waals surface area (Å²) in [5.74, 6) is -2.06. The maximum Gasteiger partial charge on any atom is 0.336 e. The molecule has 52 heavy (non-hydrogen) atoms. The number of rotatable bonds is 36. The number of unbranched alkanes of at least 4 members (excludes halogenated alkanes) is 30. The third kappa shape index (κ3) is 20.2. The van der Waals surface area contributed by atoms with Crippen molar-refractivity contribution in [3.05, 3.63) is 46.5 Å². The monoisotopic (exact) mass is 721 g/mol. The molecule has 4 nitrogen and oxygen atoms in total. The van der Waals surface area contributed by atoms with Crippen LogP contribution >= 0.6 is 0 Å². The van der Waals surface area contributed by atoms with Gasteiger partial charge in [0.25, 0.3) is 0 Å². The maximum atomic E-state index is 12.8. The van der Waals surface area contributed by atoms with Crippen molar-refractivity contribution in [1.82, 2.24) is 0 Å². The summed E-state index contributed by atoms with van der Waals surface area (Å²) in [6, 6.07) is 7.26. The van der Waals surface area contributed by atoms with Gasteiger partial charge < -0.3 is 10.2 Å². The number of benzene rings is 2. The van der Waals surface area contributed by atoms with E-state index >= 15 is 0 Å². The van der Waals surface area contributed by atoms with Crippen molar-refractivity contribution in [2.75, 3.05) is 0 Å². The summed E-state index contributed by atoms with van der Waals surface area (Å²) in [6.07, 6.45) is 43.8. The normalized spacial score (nSPS) is 11.5. The number of carboxylic acids is 2. The van der Waals surface area contributed by atoms with E-state index in [1.165, 1.54) is 180 Å². The zero-order valence-electron chi connectivity index (χ0n) is 34.1. The Kier molecular flexibility index (Phi) is 27.3. The number of carbonyl (C=O) groups is 2. The minimum atomic E-state index is -1.06. The van der Waals surface area contributed by atoms with Crippen LogP contribution in [0, 0.1) is 0 Å². The van der Waals surface area contributed by atoms with Gasteiger partial charge in [-0.25, -0.2) is 9.59 Å². The van der Waals surface area contributed by atoms with E-state index in [9.17, 15) is 19.8 Å². The van der Waals surface area contributed by atoms with Gasteiger partial charge >= 0.3 is 11.9 Å². The first-order chi connectivity index (χ1) is 25.5. The van der Waals surface area contributed by atoms with Crippen molar-refractivity contribution in [2.45, 2.75) is 232 Å². The van der Waals surface area contributed by atoms with Gasteiger partial charge in [0.05, 0.1) is 11.1 Å². The fourth-order valence-electron chi connectivity index (χ4n) is 8.19. The average molecular weight is 721 g/mol. The number of carboxylic acid groups (broad SMARTS) is 2. The highest BCUT2D eigenvalue weighted by atomic mass is 16.4. The van der Waals surface area contributed by atoms with Crippen molar-refractivity contribution in [3.8, 4) is 0 Å². The lowest BCUT2D eigenvalue weighted by Gasteiger charge is -2.17. The standard InChI is InChI=1S/C48H80O4/c1-3-5-7-9-11-13-15-17-19-21-23-25-27-29-31-33-36-41-40-42-37-35-39-44(47(49)50)45(42)46(48(51)52)43(41)38-34-32-30-28-26-24-22-20-18-16-14-12-10-8-6-4-2/h35,37,39-40H,3-34,36,38H2,1-2H3,(H,49,50)(H,51,52). The molecular weight excluding hydrogens is 641 g/mol. The van der Waals surface area contributed by atoms with Crippen LogP contribution in [0.4, 0.5) is 0 Å². The summed E-state index contributed by atoms with van der Waals surface area (Å²) in [4.78, 5) is 24.9. The van der Waals surface area contributed by atoms with Crippen molar-refractivity contribution in [3.63, 3.8) is 0 Å². The minimum absolute atomic E-state index is 0.0945. The summed E-state index contributed by atoms with van der Waals surface area (Å²) < 4.78 is 0. The van der Waals surface area contributed by atoms with E-state index in [-0.39, 0.29) is 11.1 Å². The van der Waals surface area contributed by atoms with Crippen LogP contribution in [-0.2, 0) is 12.8 Å². The van der Waals surface area contributed by atoms with Crippen molar-refractivity contribution in [2.24, 2.45) is 0 Å². The van der Waals surface area contributed by atoms with Gasteiger partial charge in [0, 0.05) is 5.39 Å². The molecule has 296 valence electrons. The van der Waals surface area contributed by atoms with Crippen LogP contribution in [0.1, 0.15) is 251 Å². The molecule has 2 aromatic rings. The van der Waals surface area contributed by atoms with E-state index in [0.29, 0.717) is 11.8 Å². The number of hydrogen-bond donors (Lipinski definition) is 2. The predicted octanol–water partition coefficient (Wildman–Crippen LogP) is 15.8. The molecule has 0 fully saturated rings. The lowest BCUT2D eigenvalue weighted by molar-refractivity contribution is 0.0694. The average Bonchev–Trinajstić information content (AvgIpc) is 3.13. The summed E-state index contributed by atoms with van der Waals surface area (Å²) in [7, 11) is 0. The summed E-state index contributed by atoms with van der Waals surface area (Å²) >= 11 is 0. The molecule has 0 radical (unpaired) electrons. The first-order valence-corrected chi connectivity index (χ1v) is 22.5. The number of fused-ring (bicyclic) bond motifs is 1. The molecule has 0 spiro atoms. The first kappa shape index (κ1) is 45.8. The molecule has 0 saturated carbocycles. The van der Waals surface area contributed by atoms with Crippen LogP contribution in [-0.4, -0.2) is 22.2 Å². The third-order valence-corrected chi connectivity index (χ3v) is 11.4. The topological polar surface area (TPSA) is 74.6 Å². The molecule has 2 N–H and O–H groups in total. The smallest absolute Gasteiger partial charge is 0.336 e. The number of aryl methyl sites for hydroxylation is 1.